The number of benzene rings is 1. The van der Waals surface area contributed by atoms with Gasteiger partial charge in [-0.15, -0.1) is 0 Å². The lowest BCUT2D eigenvalue weighted by Crippen LogP contribution is -2.42. The molecular weight excluding hydrogens is 314 g/mol. The Bertz CT molecular complexity index is 686. The predicted octanol–water partition coefficient (Wildman–Crippen LogP) is 2.68. The van der Waals surface area contributed by atoms with Crippen molar-refractivity contribution < 1.29 is 9.53 Å². The summed E-state index contributed by atoms with van der Waals surface area (Å²) in [4.78, 5) is 21.0. The number of aryl methyl sites for hydroxylation is 1. The lowest BCUT2D eigenvalue weighted by Gasteiger charge is -2.33. The molecule has 1 atom stereocenters. The smallest absolute Gasteiger partial charge is 0.223 e. The monoisotopic (exact) mass is 339 g/mol. The zero-order valence-electron chi connectivity index (χ0n) is 14.9. The second kappa shape index (κ2) is 8.12. The van der Waals surface area contributed by atoms with Crippen molar-refractivity contribution in [1.29, 1.82) is 0 Å². The Morgan fingerprint density at radius 2 is 2.04 bits per heavy atom. The highest BCUT2D eigenvalue weighted by Crippen LogP contribution is 2.22. The molecule has 1 aliphatic rings. The lowest BCUT2D eigenvalue weighted by molar-refractivity contribution is -0.139. The van der Waals surface area contributed by atoms with Gasteiger partial charge in [0.2, 0.25) is 5.91 Å². The summed E-state index contributed by atoms with van der Waals surface area (Å²) in [5, 5.41) is 0. The molecule has 0 N–H and O–H groups in total. The molecule has 132 valence electrons. The third kappa shape index (κ3) is 4.57. The summed E-state index contributed by atoms with van der Waals surface area (Å²) in [7, 11) is 3.97. The first kappa shape index (κ1) is 17.4. The zero-order chi connectivity index (χ0) is 17.6. The number of ether oxygens (including phenoxy) is 1. The van der Waals surface area contributed by atoms with Crippen molar-refractivity contribution in [3.05, 3.63) is 59.9 Å². The number of rotatable bonds is 5. The molecule has 5 heteroatoms. The van der Waals surface area contributed by atoms with Crippen LogP contribution >= 0.6 is 0 Å². The normalized spacial score (nSPS) is 17.4. The molecule has 0 spiro atoms. The minimum atomic E-state index is -0.148. The quantitative estimate of drug-likeness (QED) is 0.840. The topological polar surface area (TPSA) is 45.7 Å². The van der Waals surface area contributed by atoms with Crippen LogP contribution in [0, 0.1) is 0 Å². The van der Waals surface area contributed by atoms with Gasteiger partial charge in [0.1, 0.15) is 6.10 Å². The molecule has 1 aromatic carbocycles. The van der Waals surface area contributed by atoms with Gasteiger partial charge in [-0.3, -0.25) is 9.78 Å². The van der Waals surface area contributed by atoms with Crippen LogP contribution in [0.1, 0.15) is 23.8 Å². The highest BCUT2D eigenvalue weighted by Gasteiger charge is 2.26. The van der Waals surface area contributed by atoms with E-state index < -0.39 is 0 Å². The standard InChI is InChI=1S/C20H25N3O2/c1-22(2)17-9-10-18(21-14-17)19-15-23(12-13-25-19)20(24)11-8-16-6-4-3-5-7-16/h3-7,9-10,14,19H,8,11-13,15H2,1-2H3/t19-/m0/s1. The van der Waals surface area contributed by atoms with Gasteiger partial charge < -0.3 is 14.5 Å². The van der Waals surface area contributed by atoms with Crippen molar-refractivity contribution in [3.63, 3.8) is 0 Å². The molecule has 1 fully saturated rings. The van der Waals surface area contributed by atoms with Gasteiger partial charge in [-0.1, -0.05) is 30.3 Å². The Labute approximate surface area is 149 Å². The number of hydrogen-bond acceptors (Lipinski definition) is 4. The number of carbonyl (C=O) groups is 1. The fourth-order valence-electron chi connectivity index (χ4n) is 2.96. The van der Waals surface area contributed by atoms with Crippen LogP contribution in [0.25, 0.3) is 0 Å². The number of morpholine rings is 1. The largest absolute Gasteiger partial charge is 0.376 e. The number of pyridine rings is 1. The number of hydrogen-bond donors (Lipinski definition) is 0. The van der Waals surface area contributed by atoms with Crippen LogP contribution < -0.4 is 4.90 Å². The van der Waals surface area contributed by atoms with E-state index in [4.69, 9.17) is 4.74 Å². The summed E-state index contributed by atoms with van der Waals surface area (Å²) in [5.74, 6) is 0.182. The molecule has 2 aromatic rings. The first-order valence-corrected chi connectivity index (χ1v) is 8.70. The molecule has 3 rings (SSSR count). The zero-order valence-corrected chi connectivity index (χ0v) is 14.9. The maximum atomic E-state index is 12.5. The Morgan fingerprint density at radius 3 is 2.72 bits per heavy atom. The number of aromatic nitrogens is 1. The Morgan fingerprint density at radius 1 is 1.24 bits per heavy atom. The molecule has 1 saturated heterocycles. The van der Waals surface area contributed by atoms with Crippen LogP contribution in [0.5, 0.6) is 0 Å². The fourth-order valence-corrected chi connectivity index (χ4v) is 2.96. The lowest BCUT2D eigenvalue weighted by atomic mass is 10.1. The van der Waals surface area contributed by atoms with Gasteiger partial charge in [-0.05, 0) is 24.1 Å². The van der Waals surface area contributed by atoms with Crippen LogP contribution in [0.4, 0.5) is 5.69 Å². The van der Waals surface area contributed by atoms with Crippen molar-refractivity contribution in [2.75, 3.05) is 38.7 Å². The molecule has 2 heterocycles. The molecule has 0 bridgehead atoms. The van der Waals surface area contributed by atoms with E-state index in [9.17, 15) is 4.79 Å². The second-order valence-electron chi connectivity index (χ2n) is 6.52. The molecule has 5 nitrogen and oxygen atoms in total. The molecule has 0 unspecified atom stereocenters. The van der Waals surface area contributed by atoms with E-state index in [1.165, 1.54) is 5.56 Å². The van der Waals surface area contributed by atoms with E-state index in [0.29, 0.717) is 26.1 Å². The molecule has 1 aliphatic heterocycles. The third-order valence-electron chi connectivity index (χ3n) is 4.51. The average Bonchev–Trinajstić information content (AvgIpc) is 2.67. The summed E-state index contributed by atoms with van der Waals surface area (Å²) < 4.78 is 5.84. The molecule has 0 radical (unpaired) electrons. The van der Waals surface area contributed by atoms with E-state index in [0.717, 1.165) is 17.8 Å². The molecule has 25 heavy (non-hydrogen) atoms. The molecule has 1 amide bonds. The van der Waals surface area contributed by atoms with Crippen molar-refractivity contribution in [2.24, 2.45) is 0 Å². The highest BCUT2D eigenvalue weighted by molar-refractivity contribution is 5.76. The van der Waals surface area contributed by atoms with Gasteiger partial charge in [0, 0.05) is 27.1 Å². The van der Waals surface area contributed by atoms with E-state index in [-0.39, 0.29) is 12.0 Å². The van der Waals surface area contributed by atoms with Crippen LogP contribution in [-0.2, 0) is 16.0 Å². The molecular formula is C20H25N3O2. The minimum Gasteiger partial charge on any atom is -0.376 e. The van der Waals surface area contributed by atoms with Crippen molar-refractivity contribution >= 4 is 11.6 Å². The predicted molar refractivity (Wildman–Crippen MR) is 98.6 cm³/mol. The molecule has 0 saturated carbocycles. The van der Waals surface area contributed by atoms with Crippen molar-refractivity contribution in [3.8, 4) is 0 Å². The highest BCUT2D eigenvalue weighted by atomic mass is 16.5. The SMILES string of the molecule is CN(C)c1ccc([C@@H]2CN(C(=O)CCc3ccccc3)CCO2)nc1. The van der Waals surface area contributed by atoms with E-state index in [1.807, 2.05) is 60.4 Å². The van der Waals surface area contributed by atoms with E-state index in [1.54, 1.807) is 0 Å². The molecule has 0 aliphatic carbocycles. The number of amides is 1. The summed E-state index contributed by atoms with van der Waals surface area (Å²) in [6.07, 6.45) is 3.00. The van der Waals surface area contributed by atoms with Gasteiger partial charge in [-0.25, -0.2) is 0 Å². The van der Waals surface area contributed by atoms with Gasteiger partial charge in [-0.2, -0.15) is 0 Å². The first-order valence-electron chi connectivity index (χ1n) is 8.70. The van der Waals surface area contributed by atoms with Crippen LogP contribution in [0.3, 0.4) is 0 Å². The maximum Gasteiger partial charge on any atom is 0.223 e. The van der Waals surface area contributed by atoms with Crippen molar-refractivity contribution in [1.82, 2.24) is 9.88 Å². The fraction of sp³-hybridized carbons (Fsp3) is 0.400. The number of carbonyl (C=O) groups excluding carboxylic acids is 1. The molecule has 1 aromatic heterocycles. The van der Waals surface area contributed by atoms with E-state index >= 15 is 0 Å². The maximum absolute atomic E-state index is 12.5. The Kier molecular flexibility index (Phi) is 5.66. The number of anilines is 1. The summed E-state index contributed by atoms with van der Waals surface area (Å²) in [5.41, 5.74) is 3.13. The third-order valence-corrected chi connectivity index (χ3v) is 4.51. The van der Waals surface area contributed by atoms with Gasteiger partial charge >= 0.3 is 0 Å². The van der Waals surface area contributed by atoms with Crippen LogP contribution in [0.2, 0.25) is 0 Å². The summed E-state index contributed by atoms with van der Waals surface area (Å²) in [6.45, 7) is 1.78. The van der Waals surface area contributed by atoms with Crippen LogP contribution in [0.15, 0.2) is 48.7 Å². The van der Waals surface area contributed by atoms with E-state index in [2.05, 4.69) is 17.1 Å². The van der Waals surface area contributed by atoms with Gasteiger partial charge in [0.15, 0.2) is 0 Å². The second-order valence-corrected chi connectivity index (χ2v) is 6.52. The van der Waals surface area contributed by atoms with Gasteiger partial charge in [0.25, 0.3) is 0 Å². The average molecular weight is 339 g/mol. The summed E-state index contributed by atoms with van der Waals surface area (Å²) >= 11 is 0. The van der Waals surface area contributed by atoms with Crippen LogP contribution in [-0.4, -0.2) is 49.6 Å². The Hall–Kier alpha value is -2.40. The first-order chi connectivity index (χ1) is 12.1. The Balaban J connectivity index is 1.57. The van der Waals surface area contributed by atoms with Gasteiger partial charge in [0.05, 0.1) is 30.7 Å². The number of nitrogens with zero attached hydrogens (tertiary/aromatic N) is 3. The summed E-state index contributed by atoms with van der Waals surface area (Å²) in [6, 6.07) is 14.1. The van der Waals surface area contributed by atoms with Crippen molar-refractivity contribution in [2.45, 2.75) is 18.9 Å². The minimum absolute atomic E-state index is 0.148.